The summed E-state index contributed by atoms with van der Waals surface area (Å²) >= 11 is 0. The average Bonchev–Trinajstić information content (AvgIpc) is 2.73. The van der Waals surface area contributed by atoms with Crippen molar-refractivity contribution >= 4 is 21.6 Å². The zero-order valence-corrected chi connectivity index (χ0v) is 20.0. The minimum atomic E-state index is -3.55. The molecule has 168 valence electrons. The lowest BCUT2D eigenvalue weighted by atomic mass is 9.87. The first kappa shape index (κ1) is 23.5. The molecule has 1 N–H and O–H groups in total. The largest absolute Gasteiger partial charge is 0.326 e. The Morgan fingerprint density at radius 1 is 1.00 bits per heavy atom. The summed E-state index contributed by atoms with van der Waals surface area (Å²) in [6.45, 7) is 11.2. The Labute approximate surface area is 186 Å². The highest BCUT2D eigenvalue weighted by Crippen LogP contribution is 2.29. The summed E-state index contributed by atoms with van der Waals surface area (Å²) in [6, 6.07) is 15.0. The molecule has 1 aliphatic rings. The Hall–Kier alpha value is -2.18. The number of rotatable bonds is 5. The van der Waals surface area contributed by atoms with Crippen LogP contribution in [0, 0.1) is 5.92 Å². The van der Waals surface area contributed by atoms with Crippen molar-refractivity contribution in [3.05, 3.63) is 59.7 Å². The number of amides is 1. The van der Waals surface area contributed by atoms with E-state index >= 15 is 0 Å². The fourth-order valence-electron chi connectivity index (χ4n) is 3.98. The van der Waals surface area contributed by atoms with Crippen LogP contribution in [-0.4, -0.2) is 31.7 Å². The number of sulfonamides is 1. The van der Waals surface area contributed by atoms with E-state index in [0.717, 1.165) is 16.8 Å². The topological polar surface area (TPSA) is 66.5 Å². The average molecular weight is 443 g/mol. The van der Waals surface area contributed by atoms with Crippen LogP contribution in [0.15, 0.2) is 53.4 Å². The predicted octanol–water partition coefficient (Wildman–Crippen LogP) is 5.15. The van der Waals surface area contributed by atoms with Gasteiger partial charge in [0.25, 0.3) is 0 Å². The highest BCUT2D eigenvalue weighted by Gasteiger charge is 2.32. The van der Waals surface area contributed by atoms with E-state index < -0.39 is 10.0 Å². The van der Waals surface area contributed by atoms with Gasteiger partial charge in [0.05, 0.1) is 4.90 Å². The van der Waals surface area contributed by atoms with Crippen LogP contribution in [0.2, 0.25) is 0 Å². The molecule has 0 radical (unpaired) electrons. The normalized spacial score (nSPS) is 16.5. The molecule has 2 aromatic rings. The van der Waals surface area contributed by atoms with E-state index in [-0.39, 0.29) is 17.2 Å². The van der Waals surface area contributed by atoms with E-state index in [4.69, 9.17) is 0 Å². The summed E-state index contributed by atoms with van der Waals surface area (Å²) in [4.78, 5) is 13.1. The number of carbonyl (C=O) groups is 1. The van der Waals surface area contributed by atoms with Gasteiger partial charge in [-0.05, 0) is 53.5 Å². The minimum absolute atomic E-state index is 0.0256. The highest BCUT2D eigenvalue weighted by atomic mass is 32.2. The third-order valence-electron chi connectivity index (χ3n) is 6.02. The molecule has 0 aliphatic carbocycles. The van der Waals surface area contributed by atoms with E-state index in [2.05, 4.69) is 39.9 Å². The molecule has 0 unspecified atom stereocenters. The standard InChI is InChI=1S/C25H34N2O3S/c1-18(2)22-8-6-7-9-23(22)26-24(28)19-14-16-27(17-15-19)31(29,30)21-12-10-20(11-13-21)25(3,4)5/h6-13,18-19H,14-17H2,1-5H3,(H,26,28). The summed E-state index contributed by atoms with van der Waals surface area (Å²) in [6.07, 6.45) is 1.05. The van der Waals surface area contributed by atoms with Gasteiger partial charge in [0.15, 0.2) is 0 Å². The second kappa shape index (κ2) is 9.13. The Morgan fingerprint density at radius 2 is 1.58 bits per heavy atom. The van der Waals surface area contributed by atoms with E-state index in [9.17, 15) is 13.2 Å². The molecule has 6 heteroatoms. The van der Waals surface area contributed by atoms with Crippen molar-refractivity contribution in [2.45, 2.75) is 63.7 Å². The van der Waals surface area contributed by atoms with Crippen molar-refractivity contribution in [1.29, 1.82) is 0 Å². The third-order valence-corrected chi connectivity index (χ3v) is 7.94. The van der Waals surface area contributed by atoms with Gasteiger partial charge in [-0.25, -0.2) is 8.42 Å². The molecule has 3 rings (SSSR count). The van der Waals surface area contributed by atoms with Crippen LogP contribution >= 0.6 is 0 Å². The van der Waals surface area contributed by atoms with Gasteiger partial charge >= 0.3 is 0 Å². The first-order valence-corrected chi connectivity index (χ1v) is 12.4. The molecular weight excluding hydrogens is 408 g/mol. The molecule has 1 heterocycles. The number of hydrogen-bond donors (Lipinski definition) is 1. The molecule has 0 atom stereocenters. The minimum Gasteiger partial charge on any atom is -0.326 e. The lowest BCUT2D eigenvalue weighted by Gasteiger charge is -2.31. The van der Waals surface area contributed by atoms with Crippen LogP contribution in [-0.2, 0) is 20.2 Å². The summed E-state index contributed by atoms with van der Waals surface area (Å²) in [7, 11) is -3.55. The Kier molecular flexibility index (Phi) is 6.92. The molecule has 2 aromatic carbocycles. The zero-order valence-electron chi connectivity index (χ0n) is 19.2. The van der Waals surface area contributed by atoms with Gasteiger partial charge in [-0.15, -0.1) is 0 Å². The maximum atomic E-state index is 13.1. The quantitative estimate of drug-likeness (QED) is 0.697. The van der Waals surface area contributed by atoms with Crippen LogP contribution in [0.5, 0.6) is 0 Å². The Balaban J connectivity index is 1.64. The maximum Gasteiger partial charge on any atom is 0.243 e. The van der Waals surface area contributed by atoms with Gasteiger partial charge < -0.3 is 5.32 Å². The fourth-order valence-corrected chi connectivity index (χ4v) is 5.45. The van der Waals surface area contributed by atoms with E-state index in [0.29, 0.717) is 36.7 Å². The zero-order chi connectivity index (χ0) is 22.8. The fraction of sp³-hybridized carbons (Fsp3) is 0.480. The maximum absolute atomic E-state index is 13.1. The number of benzene rings is 2. The van der Waals surface area contributed by atoms with Crippen molar-refractivity contribution in [3.63, 3.8) is 0 Å². The van der Waals surface area contributed by atoms with E-state index in [1.807, 2.05) is 36.4 Å². The molecule has 1 amide bonds. The van der Waals surface area contributed by atoms with Gasteiger partial charge in [0, 0.05) is 24.7 Å². The first-order valence-electron chi connectivity index (χ1n) is 11.0. The van der Waals surface area contributed by atoms with Crippen LogP contribution in [0.3, 0.4) is 0 Å². The molecular formula is C25H34N2O3S. The van der Waals surface area contributed by atoms with Crippen LogP contribution in [0.4, 0.5) is 5.69 Å². The second-order valence-corrected chi connectivity index (χ2v) is 11.6. The highest BCUT2D eigenvalue weighted by molar-refractivity contribution is 7.89. The molecule has 5 nitrogen and oxygen atoms in total. The number of anilines is 1. The first-order chi connectivity index (χ1) is 14.5. The van der Waals surface area contributed by atoms with Crippen LogP contribution in [0.1, 0.15) is 64.5 Å². The SMILES string of the molecule is CC(C)c1ccccc1NC(=O)C1CCN(S(=O)(=O)c2ccc(C(C)(C)C)cc2)CC1. The molecule has 1 fully saturated rings. The lowest BCUT2D eigenvalue weighted by molar-refractivity contribution is -0.120. The summed E-state index contributed by atoms with van der Waals surface area (Å²) in [5, 5.41) is 3.06. The third kappa shape index (κ3) is 5.36. The van der Waals surface area contributed by atoms with Crippen molar-refractivity contribution in [3.8, 4) is 0 Å². The molecule has 0 bridgehead atoms. The van der Waals surface area contributed by atoms with Crippen LogP contribution < -0.4 is 5.32 Å². The summed E-state index contributed by atoms with van der Waals surface area (Å²) < 4.78 is 27.6. The Bertz CT molecular complexity index is 1010. The number of para-hydroxylation sites is 1. The van der Waals surface area contributed by atoms with Gasteiger partial charge in [0.2, 0.25) is 15.9 Å². The molecule has 1 aliphatic heterocycles. The van der Waals surface area contributed by atoms with Gasteiger partial charge in [-0.2, -0.15) is 4.31 Å². The number of hydrogen-bond acceptors (Lipinski definition) is 3. The van der Waals surface area contributed by atoms with Crippen LogP contribution in [0.25, 0.3) is 0 Å². The van der Waals surface area contributed by atoms with Crippen molar-refractivity contribution in [2.24, 2.45) is 5.92 Å². The molecule has 0 spiro atoms. The second-order valence-electron chi connectivity index (χ2n) is 9.68. The smallest absolute Gasteiger partial charge is 0.243 e. The molecule has 31 heavy (non-hydrogen) atoms. The van der Waals surface area contributed by atoms with Gasteiger partial charge in [-0.1, -0.05) is 65.0 Å². The molecule has 0 aromatic heterocycles. The van der Waals surface area contributed by atoms with Crippen molar-refractivity contribution in [1.82, 2.24) is 4.31 Å². The van der Waals surface area contributed by atoms with Gasteiger partial charge in [-0.3, -0.25) is 4.79 Å². The molecule has 1 saturated heterocycles. The Morgan fingerprint density at radius 3 is 2.13 bits per heavy atom. The number of nitrogens with zero attached hydrogens (tertiary/aromatic N) is 1. The number of nitrogens with one attached hydrogen (secondary N) is 1. The monoisotopic (exact) mass is 442 g/mol. The van der Waals surface area contributed by atoms with Gasteiger partial charge in [0.1, 0.15) is 0 Å². The summed E-state index contributed by atoms with van der Waals surface area (Å²) in [5.41, 5.74) is 3.02. The van der Waals surface area contributed by atoms with E-state index in [1.165, 1.54) is 4.31 Å². The molecule has 0 saturated carbocycles. The van der Waals surface area contributed by atoms with E-state index in [1.54, 1.807) is 12.1 Å². The predicted molar refractivity (Wildman–Crippen MR) is 126 cm³/mol. The number of piperidine rings is 1. The van der Waals surface area contributed by atoms with Crippen molar-refractivity contribution < 1.29 is 13.2 Å². The summed E-state index contributed by atoms with van der Waals surface area (Å²) in [5.74, 6) is 0.0998. The number of carbonyl (C=O) groups excluding carboxylic acids is 1. The van der Waals surface area contributed by atoms with Crippen molar-refractivity contribution in [2.75, 3.05) is 18.4 Å². The lowest BCUT2D eigenvalue weighted by Crippen LogP contribution is -2.41.